The number of allylic oxidation sites excluding steroid dienone is 1. The lowest BCUT2D eigenvalue weighted by molar-refractivity contribution is 0.198. The standard InChI is InChI=1S/C8H16O2/c1-8(10)6-4-2-3-5-7-9/h2,4,8-10H,3,5-7H2,1H3/b4-2+/t8-/m1/s1. The molecule has 0 aromatic carbocycles. The Morgan fingerprint density at radius 2 is 2.10 bits per heavy atom. The van der Waals surface area contributed by atoms with Crippen LogP contribution in [0.3, 0.4) is 0 Å². The highest BCUT2D eigenvalue weighted by Gasteiger charge is 1.87. The largest absolute Gasteiger partial charge is 0.396 e. The lowest BCUT2D eigenvalue weighted by Crippen LogP contribution is -1.95. The molecule has 0 rings (SSSR count). The normalized spacial score (nSPS) is 14.3. The minimum Gasteiger partial charge on any atom is -0.396 e. The zero-order valence-electron chi connectivity index (χ0n) is 6.45. The van der Waals surface area contributed by atoms with Crippen LogP contribution in [-0.4, -0.2) is 22.9 Å². The van der Waals surface area contributed by atoms with E-state index < -0.39 is 0 Å². The summed E-state index contributed by atoms with van der Waals surface area (Å²) in [7, 11) is 0. The summed E-state index contributed by atoms with van der Waals surface area (Å²) in [6.45, 7) is 2.01. The number of rotatable bonds is 5. The van der Waals surface area contributed by atoms with E-state index >= 15 is 0 Å². The van der Waals surface area contributed by atoms with Gasteiger partial charge < -0.3 is 10.2 Å². The lowest BCUT2D eigenvalue weighted by Gasteiger charge is -1.95. The molecule has 0 aliphatic heterocycles. The molecule has 0 unspecified atom stereocenters. The van der Waals surface area contributed by atoms with Crippen LogP contribution in [0, 0.1) is 0 Å². The molecule has 0 aromatic heterocycles. The minimum absolute atomic E-state index is 0.245. The van der Waals surface area contributed by atoms with Crippen molar-refractivity contribution in [3.8, 4) is 0 Å². The molecule has 0 aliphatic carbocycles. The number of aliphatic hydroxyl groups excluding tert-OH is 2. The Labute approximate surface area is 62.2 Å². The molecule has 0 bridgehead atoms. The molecule has 0 saturated heterocycles. The van der Waals surface area contributed by atoms with Crippen LogP contribution < -0.4 is 0 Å². The molecule has 10 heavy (non-hydrogen) atoms. The summed E-state index contributed by atoms with van der Waals surface area (Å²) < 4.78 is 0. The molecule has 0 aliphatic rings. The molecule has 0 heterocycles. The SMILES string of the molecule is C[C@@H](O)C/C=C/CCCO. The third-order valence-corrected chi connectivity index (χ3v) is 1.17. The van der Waals surface area contributed by atoms with Crippen LogP contribution in [-0.2, 0) is 0 Å². The Kier molecular flexibility index (Phi) is 6.55. The van der Waals surface area contributed by atoms with Crippen molar-refractivity contribution in [2.24, 2.45) is 0 Å². The van der Waals surface area contributed by atoms with Crippen molar-refractivity contribution in [2.75, 3.05) is 6.61 Å². The van der Waals surface area contributed by atoms with Gasteiger partial charge in [0.05, 0.1) is 6.10 Å². The second-order valence-electron chi connectivity index (χ2n) is 2.42. The summed E-state index contributed by atoms with van der Waals surface area (Å²) in [4.78, 5) is 0. The second kappa shape index (κ2) is 6.78. The number of unbranched alkanes of at least 4 members (excludes halogenated alkanes) is 1. The molecule has 2 heteroatoms. The average Bonchev–Trinajstić information content (AvgIpc) is 1.87. The van der Waals surface area contributed by atoms with E-state index in [1.165, 1.54) is 0 Å². The molecule has 0 saturated carbocycles. The first-order valence-electron chi connectivity index (χ1n) is 3.71. The third kappa shape index (κ3) is 7.66. The summed E-state index contributed by atoms with van der Waals surface area (Å²) in [5, 5.41) is 17.2. The highest BCUT2D eigenvalue weighted by molar-refractivity contribution is 4.82. The van der Waals surface area contributed by atoms with Gasteiger partial charge in [0.25, 0.3) is 0 Å². The summed E-state index contributed by atoms with van der Waals surface area (Å²) in [5.41, 5.74) is 0. The second-order valence-corrected chi connectivity index (χ2v) is 2.42. The van der Waals surface area contributed by atoms with Crippen LogP contribution in [0.15, 0.2) is 12.2 Å². The molecule has 0 spiro atoms. The first-order valence-corrected chi connectivity index (χ1v) is 3.71. The Bertz CT molecular complexity index is 87.3. The highest BCUT2D eigenvalue weighted by Crippen LogP contribution is 1.94. The molecule has 0 fully saturated rings. The Morgan fingerprint density at radius 1 is 1.40 bits per heavy atom. The summed E-state index contributed by atoms with van der Waals surface area (Å²) >= 11 is 0. The molecule has 0 amide bonds. The van der Waals surface area contributed by atoms with E-state index in [-0.39, 0.29) is 12.7 Å². The fourth-order valence-corrected chi connectivity index (χ4v) is 0.620. The smallest absolute Gasteiger partial charge is 0.0546 e. The van der Waals surface area contributed by atoms with E-state index in [4.69, 9.17) is 10.2 Å². The van der Waals surface area contributed by atoms with Crippen LogP contribution in [0.2, 0.25) is 0 Å². The summed E-state index contributed by atoms with van der Waals surface area (Å²) in [6, 6.07) is 0. The van der Waals surface area contributed by atoms with Crippen LogP contribution in [0.4, 0.5) is 0 Å². The minimum atomic E-state index is -0.245. The highest BCUT2D eigenvalue weighted by atomic mass is 16.3. The van der Waals surface area contributed by atoms with Gasteiger partial charge in [-0.05, 0) is 26.2 Å². The Hall–Kier alpha value is -0.340. The Morgan fingerprint density at radius 3 is 2.60 bits per heavy atom. The van der Waals surface area contributed by atoms with Crippen molar-refractivity contribution >= 4 is 0 Å². The van der Waals surface area contributed by atoms with Crippen molar-refractivity contribution in [2.45, 2.75) is 32.3 Å². The van der Waals surface area contributed by atoms with Gasteiger partial charge in [0.1, 0.15) is 0 Å². The average molecular weight is 144 g/mol. The zero-order chi connectivity index (χ0) is 7.82. The van der Waals surface area contributed by atoms with Gasteiger partial charge >= 0.3 is 0 Å². The fraction of sp³-hybridized carbons (Fsp3) is 0.750. The van der Waals surface area contributed by atoms with Gasteiger partial charge in [-0.1, -0.05) is 12.2 Å². The van der Waals surface area contributed by atoms with Gasteiger partial charge in [-0.15, -0.1) is 0 Å². The molecule has 0 radical (unpaired) electrons. The van der Waals surface area contributed by atoms with Crippen molar-refractivity contribution < 1.29 is 10.2 Å². The van der Waals surface area contributed by atoms with E-state index in [0.29, 0.717) is 6.42 Å². The monoisotopic (exact) mass is 144 g/mol. The first-order chi connectivity index (χ1) is 4.77. The van der Waals surface area contributed by atoms with Gasteiger partial charge in [-0.2, -0.15) is 0 Å². The van der Waals surface area contributed by atoms with Crippen LogP contribution in [0.25, 0.3) is 0 Å². The van der Waals surface area contributed by atoms with Crippen LogP contribution in [0.1, 0.15) is 26.2 Å². The summed E-state index contributed by atoms with van der Waals surface area (Å²) in [6.07, 6.45) is 6.12. The van der Waals surface area contributed by atoms with Gasteiger partial charge in [-0.25, -0.2) is 0 Å². The maximum Gasteiger partial charge on any atom is 0.0546 e. The molecule has 0 aromatic rings. The maximum atomic E-state index is 8.81. The van der Waals surface area contributed by atoms with Gasteiger partial charge in [0.15, 0.2) is 0 Å². The quantitative estimate of drug-likeness (QED) is 0.448. The fourth-order valence-electron chi connectivity index (χ4n) is 0.620. The number of hydrogen-bond acceptors (Lipinski definition) is 2. The molecule has 2 N–H and O–H groups in total. The van der Waals surface area contributed by atoms with E-state index in [1.807, 2.05) is 12.2 Å². The van der Waals surface area contributed by atoms with E-state index in [2.05, 4.69) is 0 Å². The molecule has 1 atom stereocenters. The molecule has 2 nitrogen and oxygen atoms in total. The number of aliphatic hydroxyl groups is 2. The van der Waals surface area contributed by atoms with Crippen LogP contribution in [0.5, 0.6) is 0 Å². The van der Waals surface area contributed by atoms with Crippen molar-refractivity contribution in [1.29, 1.82) is 0 Å². The Balaban J connectivity index is 3.04. The summed E-state index contributed by atoms with van der Waals surface area (Å²) in [5.74, 6) is 0. The predicted molar refractivity (Wildman–Crippen MR) is 41.8 cm³/mol. The zero-order valence-corrected chi connectivity index (χ0v) is 6.45. The topological polar surface area (TPSA) is 40.5 Å². The predicted octanol–water partition coefficient (Wildman–Crippen LogP) is 1.09. The van der Waals surface area contributed by atoms with Crippen molar-refractivity contribution in [3.05, 3.63) is 12.2 Å². The van der Waals surface area contributed by atoms with Gasteiger partial charge in [-0.3, -0.25) is 0 Å². The van der Waals surface area contributed by atoms with E-state index in [0.717, 1.165) is 12.8 Å². The molecule has 60 valence electrons. The molecular weight excluding hydrogens is 128 g/mol. The first kappa shape index (κ1) is 9.66. The van der Waals surface area contributed by atoms with Gasteiger partial charge in [0.2, 0.25) is 0 Å². The van der Waals surface area contributed by atoms with E-state index in [1.54, 1.807) is 6.92 Å². The van der Waals surface area contributed by atoms with Gasteiger partial charge in [0, 0.05) is 6.61 Å². The van der Waals surface area contributed by atoms with Crippen molar-refractivity contribution in [1.82, 2.24) is 0 Å². The van der Waals surface area contributed by atoms with Crippen molar-refractivity contribution in [3.63, 3.8) is 0 Å². The lowest BCUT2D eigenvalue weighted by atomic mass is 10.2. The number of hydrogen-bond donors (Lipinski definition) is 2. The van der Waals surface area contributed by atoms with E-state index in [9.17, 15) is 0 Å². The maximum absolute atomic E-state index is 8.81. The third-order valence-electron chi connectivity index (χ3n) is 1.17. The van der Waals surface area contributed by atoms with Crippen LogP contribution >= 0.6 is 0 Å². The molecular formula is C8H16O2.